The van der Waals surface area contributed by atoms with Gasteiger partial charge in [0.25, 0.3) is 0 Å². The topological polar surface area (TPSA) is 68.2 Å². The molecule has 2 aliphatic rings. The number of rotatable bonds is 2. The van der Waals surface area contributed by atoms with E-state index in [1.54, 1.807) is 20.8 Å². The molecule has 0 bridgehead atoms. The van der Waals surface area contributed by atoms with E-state index in [4.69, 9.17) is 19.3 Å². The van der Waals surface area contributed by atoms with Crippen LogP contribution in [0.2, 0.25) is 0 Å². The molecule has 5 heteroatoms. The van der Waals surface area contributed by atoms with E-state index in [9.17, 15) is 5.11 Å². The van der Waals surface area contributed by atoms with E-state index in [1.165, 1.54) is 0 Å². The van der Waals surface area contributed by atoms with E-state index in [-0.39, 0.29) is 18.8 Å². The van der Waals surface area contributed by atoms with Crippen molar-refractivity contribution >= 4 is 0 Å². The van der Waals surface area contributed by atoms with Gasteiger partial charge < -0.3 is 24.4 Å². The quantitative estimate of drug-likeness (QED) is 0.682. The highest BCUT2D eigenvalue weighted by atomic mass is 16.8. The highest BCUT2D eigenvalue weighted by Gasteiger charge is 2.60. The van der Waals surface area contributed by atoms with Crippen LogP contribution in [0.25, 0.3) is 0 Å². The SMILES string of the molecule is CC1(C)O[C@H]2[C@@H](O1)[C@@](C)(O)O[C@@H]2CCO. The molecular formula is C10H18O5. The number of ether oxygens (including phenoxy) is 3. The Bertz CT molecular complexity index is 250. The van der Waals surface area contributed by atoms with Crippen LogP contribution in [0.4, 0.5) is 0 Å². The summed E-state index contributed by atoms with van der Waals surface area (Å²) in [6, 6.07) is 0. The summed E-state index contributed by atoms with van der Waals surface area (Å²) in [6.45, 7) is 5.18. The fourth-order valence-electron chi connectivity index (χ4n) is 2.27. The molecule has 2 rings (SSSR count). The van der Waals surface area contributed by atoms with Gasteiger partial charge in [0.1, 0.15) is 12.2 Å². The standard InChI is InChI=1S/C10H18O5/c1-9(2)14-7-6(4-5-11)13-10(3,12)8(7)15-9/h6-8,11-12H,4-5H2,1-3H3/t6-,7-,8-,10+/m1/s1. The third-order valence-corrected chi connectivity index (χ3v) is 2.83. The van der Waals surface area contributed by atoms with Crippen LogP contribution in [0.15, 0.2) is 0 Å². The van der Waals surface area contributed by atoms with Gasteiger partial charge in [-0.3, -0.25) is 0 Å². The first-order chi connectivity index (χ1) is 6.86. The van der Waals surface area contributed by atoms with Gasteiger partial charge in [0.05, 0.1) is 6.10 Å². The molecule has 88 valence electrons. The minimum Gasteiger partial charge on any atom is -0.396 e. The lowest BCUT2D eigenvalue weighted by Crippen LogP contribution is -2.40. The first-order valence-electron chi connectivity index (χ1n) is 5.22. The van der Waals surface area contributed by atoms with Crippen molar-refractivity contribution in [3.8, 4) is 0 Å². The summed E-state index contributed by atoms with van der Waals surface area (Å²) in [4.78, 5) is 0. The molecular weight excluding hydrogens is 200 g/mol. The maximum absolute atomic E-state index is 9.99. The smallest absolute Gasteiger partial charge is 0.192 e. The van der Waals surface area contributed by atoms with Crippen molar-refractivity contribution in [1.82, 2.24) is 0 Å². The predicted octanol–water partition coefficient (Wildman–Crippen LogP) is -0.00380. The Kier molecular flexibility index (Phi) is 2.56. The summed E-state index contributed by atoms with van der Waals surface area (Å²) in [5.74, 6) is -2.03. The second-order valence-corrected chi connectivity index (χ2v) is 4.74. The normalized spacial score (nSPS) is 48.2. The van der Waals surface area contributed by atoms with Gasteiger partial charge >= 0.3 is 0 Å². The summed E-state index contributed by atoms with van der Waals surface area (Å²) < 4.78 is 16.6. The summed E-state index contributed by atoms with van der Waals surface area (Å²) >= 11 is 0. The van der Waals surface area contributed by atoms with Gasteiger partial charge in [0.2, 0.25) is 0 Å². The molecule has 2 fully saturated rings. The summed E-state index contributed by atoms with van der Waals surface area (Å²) in [7, 11) is 0. The minimum atomic E-state index is -1.34. The van der Waals surface area contributed by atoms with E-state index in [2.05, 4.69) is 0 Å². The Labute approximate surface area is 88.9 Å². The molecule has 0 aromatic rings. The third-order valence-electron chi connectivity index (χ3n) is 2.83. The molecule has 15 heavy (non-hydrogen) atoms. The van der Waals surface area contributed by atoms with Crippen molar-refractivity contribution in [3.05, 3.63) is 0 Å². The molecule has 2 heterocycles. The monoisotopic (exact) mass is 218 g/mol. The molecule has 5 nitrogen and oxygen atoms in total. The molecule has 2 saturated heterocycles. The number of fused-ring (bicyclic) bond motifs is 1. The van der Waals surface area contributed by atoms with Gasteiger partial charge in [-0.15, -0.1) is 0 Å². The molecule has 2 N–H and O–H groups in total. The first kappa shape index (κ1) is 11.3. The Morgan fingerprint density at radius 2 is 1.80 bits per heavy atom. The maximum atomic E-state index is 9.99. The van der Waals surface area contributed by atoms with Gasteiger partial charge in [0, 0.05) is 6.61 Å². The average molecular weight is 218 g/mol. The Balaban J connectivity index is 2.16. The molecule has 0 aromatic heterocycles. The van der Waals surface area contributed by atoms with Crippen LogP contribution < -0.4 is 0 Å². The van der Waals surface area contributed by atoms with Crippen molar-refractivity contribution in [2.24, 2.45) is 0 Å². The van der Waals surface area contributed by atoms with Crippen molar-refractivity contribution in [2.75, 3.05) is 6.61 Å². The molecule has 0 amide bonds. The number of aliphatic hydroxyl groups excluding tert-OH is 1. The molecule has 0 radical (unpaired) electrons. The Morgan fingerprint density at radius 3 is 2.40 bits per heavy atom. The van der Waals surface area contributed by atoms with E-state index in [0.717, 1.165) is 0 Å². The molecule has 0 spiro atoms. The Morgan fingerprint density at radius 1 is 1.13 bits per heavy atom. The fraction of sp³-hybridized carbons (Fsp3) is 1.00. The second kappa shape index (κ2) is 3.40. The number of aliphatic hydroxyl groups is 2. The maximum Gasteiger partial charge on any atom is 0.192 e. The van der Waals surface area contributed by atoms with Crippen LogP contribution in [-0.2, 0) is 14.2 Å². The van der Waals surface area contributed by atoms with Crippen molar-refractivity contribution in [3.63, 3.8) is 0 Å². The largest absolute Gasteiger partial charge is 0.396 e. The average Bonchev–Trinajstić information content (AvgIpc) is 2.49. The van der Waals surface area contributed by atoms with E-state index < -0.39 is 17.7 Å². The zero-order valence-corrected chi connectivity index (χ0v) is 9.27. The van der Waals surface area contributed by atoms with Crippen LogP contribution in [-0.4, -0.2) is 46.7 Å². The van der Waals surface area contributed by atoms with E-state index in [0.29, 0.717) is 6.42 Å². The molecule has 4 atom stereocenters. The molecule has 0 saturated carbocycles. The van der Waals surface area contributed by atoms with Gasteiger partial charge in [-0.1, -0.05) is 0 Å². The highest BCUT2D eigenvalue weighted by Crippen LogP contribution is 2.43. The number of hydrogen-bond donors (Lipinski definition) is 2. The van der Waals surface area contributed by atoms with Crippen LogP contribution in [0.3, 0.4) is 0 Å². The van der Waals surface area contributed by atoms with Crippen molar-refractivity contribution in [2.45, 2.75) is 57.1 Å². The van der Waals surface area contributed by atoms with Crippen LogP contribution in [0.1, 0.15) is 27.2 Å². The van der Waals surface area contributed by atoms with Crippen molar-refractivity contribution < 1.29 is 24.4 Å². The summed E-state index contributed by atoms with van der Waals surface area (Å²) in [5.41, 5.74) is 0. The Hall–Kier alpha value is -0.200. The van der Waals surface area contributed by atoms with Crippen molar-refractivity contribution in [1.29, 1.82) is 0 Å². The van der Waals surface area contributed by atoms with Gasteiger partial charge in [0.15, 0.2) is 11.6 Å². The zero-order chi connectivity index (χ0) is 11.3. The minimum absolute atomic E-state index is 0.00769. The zero-order valence-electron chi connectivity index (χ0n) is 9.27. The van der Waals surface area contributed by atoms with Gasteiger partial charge in [-0.2, -0.15) is 0 Å². The fourth-order valence-corrected chi connectivity index (χ4v) is 2.27. The molecule has 0 unspecified atom stereocenters. The van der Waals surface area contributed by atoms with E-state index >= 15 is 0 Å². The number of hydrogen-bond acceptors (Lipinski definition) is 5. The predicted molar refractivity (Wildman–Crippen MR) is 51.0 cm³/mol. The molecule has 0 aromatic carbocycles. The van der Waals surface area contributed by atoms with Crippen LogP contribution in [0.5, 0.6) is 0 Å². The summed E-state index contributed by atoms with van der Waals surface area (Å²) in [6.07, 6.45) is -0.653. The second-order valence-electron chi connectivity index (χ2n) is 4.74. The lowest BCUT2D eigenvalue weighted by Gasteiger charge is -2.26. The molecule has 0 aliphatic carbocycles. The third kappa shape index (κ3) is 1.90. The lowest BCUT2D eigenvalue weighted by atomic mass is 10.1. The van der Waals surface area contributed by atoms with Gasteiger partial charge in [-0.25, -0.2) is 0 Å². The molecule has 2 aliphatic heterocycles. The lowest BCUT2D eigenvalue weighted by molar-refractivity contribution is -0.266. The first-order valence-corrected chi connectivity index (χ1v) is 5.22. The summed E-state index contributed by atoms with van der Waals surface area (Å²) in [5, 5.41) is 18.9. The highest BCUT2D eigenvalue weighted by molar-refractivity contribution is 4.99. The van der Waals surface area contributed by atoms with E-state index in [1.807, 2.05) is 0 Å². The van der Waals surface area contributed by atoms with Gasteiger partial charge in [-0.05, 0) is 27.2 Å². The van der Waals surface area contributed by atoms with Crippen LogP contribution in [0, 0.1) is 0 Å². The van der Waals surface area contributed by atoms with Crippen LogP contribution >= 0.6 is 0 Å².